The summed E-state index contributed by atoms with van der Waals surface area (Å²) in [4.78, 5) is 2.29. The van der Waals surface area contributed by atoms with Gasteiger partial charge in [-0.05, 0) is 32.9 Å². The number of methoxy groups -OCH3 is 1. The van der Waals surface area contributed by atoms with Crippen molar-refractivity contribution in [3.05, 3.63) is 0 Å². The van der Waals surface area contributed by atoms with E-state index in [2.05, 4.69) is 9.64 Å². The zero-order valence-corrected chi connectivity index (χ0v) is 8.25. The molecular formula is C9H21NO2. The first-order chi connectivity index (χ1) is 5.85. The van der Waals surface area contributed by atoms with Gasteiger partial charge in [-0.25, -0.2) is 0 Å². The van der Waals surface area contributed by atoms with Crippen molar-refractivity contribution in [2.75, 3.05) is 40.0 Å². The third-order valence-corrected chi connectivity index (χ3v) is 1.90. The van der Waals surface area contributed by atoms with Gasteiger partial charge >= 0.3 is 0 Å². The van der Waals surface area contributed by atoms with Crippen LogP contribution in [-0.2, 0) is 4.74 Å². The molecule has 1 aliphatic heterocycles. The predicted octanol–water partition coefficient (Wildman–Crippen LogP) is 0.727. The molecule has 3 nitrogen and oxygen atoms in total. The fourth-order valence-electron chi connectivity index (χ4n) is 1.15. The van der Waals surface area contributed by atoms with Gasteiger partial charge in [-0.15, -0.1) is 0 Å². The summed E-state index contributed by atoms with van der Waals surface area (Å²) in [5, 5.41) is 8.48. The zero-order chi connectivity index (χ0) is 9.23. The Morgan fingerprint density at radius 2 is 1.83 bits per heavy atom. The molecule has 1 N–H and O–H groups in total. The largest absolute Gasteiger partial charge is 0.395 e. The van der Waals surface area contributed by atoms with Crippen molar-refractivity contribution in [1.82, 2.24) is 4.90 Å². The fourth-order valence-corrected chi connectivity index (χ4v) is 1.15. The predicted molar refractivity (Wildman–Crippen MR) is 50.3 cm³/mol. The highest BCUT2D eigenvalue weighted by Crippen LogP contribution is 2.04. The third-order valence-electron chi connectivity index (χ3n) is 1.90. The Morgan fingerprint density at radius 1 is 1.33 bits per heavy atom. The van der Waals surface area contributed by atoms with Crippen molar-refractivity contribution in [1.29, 1.82) is 0 Å². The van der Waals surface area contributed by atoms with Crippen LogP contribution < -0.4 is 0 Å². The maximum Gasteiger partial charge on any atom is 0.0558 e. The average molecular weight is 175 g/mol. The molecule has 0 saturated carbocycles. The second-order valence-corrected chi connectivity index (χ2v) is 2.85. The van der Waals surface area contributed by atoms with Gasteiger partial charge in [0.05, 0.1) is 6.61 Å². The first kappa shape index (κ1) is 11.9. The Bertz CT molecular complexity index is 80.6. The van der Waals surface area contributed by atoms with Crippen molar-refractivity contribution >= 4 is 0 Å². The Balaban J connectivity index is 0.000000261. The Morgan fingerprint density at radius 3 is 2.17 bits per heavy atom. The van der Waals surface area contributed by atoms with E-state index in [4.69, 9.17) is 5.11 Å². The van der Waals surface area contributed by atoms with Crippen molar-refractivity contribution < 1.29 is 9.84 Å². The van der Waals surface area contributed by atoms with E-state index in [1.54, 1.807) is 7.11 Å². The lowest BCUT2D eigenvalue weighted by atomic mass is 10.4. The lowest BCUT2D eigenvalue weighted by Gasteiger charge is -2.10. The van der Waals surface area contributed by atoms with Gasteiger partial charge < -0.3 is 14.7 Å². The SMILES string of the molecule is CCOC.OCCN1CCCC1. The number of hydrogen-bond donors (Lipinski definition) is 1. The van der Waals surface area contributed by atoms with Crippen LogP contribution in [0, 0.1) is 0 Å². The van der Waals surface area contributed by atoms with Crippen LogP contribution in [-0.4, -0.2) is 50.0 Å². The summed E-state index contributed by atoms with van der Waals surface area (Å²) in [6.45, 7) is 6.36. The summed E-state index contributed by atoms with van der Waals surface area (Å²) in [6, 6.07) is 0. The van der Waals surface area contributed by atoms with Gasteiger partial charge in [-0.1, -0.05) is 0 Å². The number of likely N-dealkylation sites (tertiary alicyclic amines) is 1. The summed E-state index contributed by atoms with van der Waals surface area (Å²) in [5.41, 5.74) is 0. The number of rotatable bonds is 3. The number of β-amino-alcohol motifs (C(OH)–C–C–N with tert-alkyl or cyclic N) is 1. The highest BCUT2D eigenvalue weighted by molar-refractivity contribution is 4.64. The quantitative estimate of drug-likeness (QED) is 0.686. The molecule has 0 spiro atoms. The molecule has 1 heterocycles. The van der Waals surface area contributed by atoms with E-state index in [9.17, 15) is 0 Å². The number of nitrogens with zero attached hydrogens (tertiary/aromatic N) is 1. The zero-order valence-electron chi connectivity index (χ0n) is 8.25. The van der Waals surface area contributed by atoms with Crippen LogP contribution >= 0.6 is 0 Å². The average Bonchev–Trinajstić information content (AvgIpc) is 2.58. The van der Waals surface area contributed by atoms with Crippen LogP contribution in [0.2, 0.25) is 0 Å². The molecule has 0 aromatic heterocycles. The van der Waals surface area contributed by atoms with E-state index in [0.29, 0.717) is 6.61 Å². The van der Waals surface area contributed by atoms with E-state index in [1.165, 1.54) is 25.9 Å². The normalized spacial score (nSPS) is 17.2. The Hall–Kier alpha value is -0.120. The van der Waals surface area contributed by atoms with Crippen LogP contribution in [0.15, 0.2) is 0 Å². The van der Waals surface area contributed by atoms with Crippen LogP contribution in [0.4, 0.5) is 0 Å². The van der Waals surface area contributed by atoms with Gasteiger partial charge in [0.1, 0.15) is 0 Å². The minimum atomic E-state index is 0.319. The highest BCUT2D eigenvalue weighted by atomic mass is 16.5. The first-order valence-electron chi connectivity index (χ1n) is 4.67. The topological polar surface area (TPSA) is 32.7 Å². The molecule has 1 saturated heterocycles. The van der Waals surface area contributed by atoms with E-state index in [1.807, 2.05) is 6.92 Å². The molecule has 0 aromatic rings. The Labute approximate surface area is 75.3 Å². The van der Waals surface area contributed by atoms with E-state index >= 15 is 0 Å². The van der Waals surface area contributed by atoms with Gasteiger partial charge in [0, 0.05) is 20.3 Å². The number of aliphatic hydroxyl groups excluding tert-OH is 1. The van der Waals surface area contributed by atoms with E-state index in [0.717, 1.165) is 13.2 Å². The maximum atomic E-state index is 8.48. The molecule has 0 atom stereocenters. The standard InChI is InChI=1S/C6H13NO.C3H8O/c8-6-5-7-3-1-2-4-7;1-3-4-2/h8H,1-6H2;3H2,1-2H3. The summed E-state index contributed by atoms with van der Waals surface area (Å²) < 4.78 is 4.54. The minimum absolute atomic E-state index is 0.319. The summed E-state index contributed by atoms with van der Waals surface area (Å²) in [7, 11) is 1.68. The monoisotopic (exact) mass is 175 g/mol. The van der Waals surface area contributed by atoms with Crippen molar-refractivity contribution in [2.24, 2.45) is 0 Å². The van der Waals surface area contributed by atoms with Crippen molar-refractivity contribution in [2.45, 2.75) is 19.8 Å². The maximum absolute atomic E-state index is 8.48. The molecule has 0 bridgehead atoms. The second-order valence-electron chi connectivity index (χ2n) is 2.85. The molecule has 0 amide bonds. The van der Waals surface area contributed by atoms with Crippen LogP contribution in [0.5, 0.6) is 0 Å². The summed E-state index contributed by atoms with van der Waals surface area (Å²) in [6.07, 6.45) is 2.64. The van der Waals surface area contributed by atoms with Crippen molar-refractivity contribution in [3.8, 4) is 0 Å². The smallest absolute Gasteiger partial charge is 0.0558 e. The third kappa shape index (κ3) is 6.58. The summed E-state index contributed by atoms with van der Waals surface area (Å²) >= 11 is 0. The van der Waals surface area contributed by atoms with Crippen molar-refractivity contribution in [3.63, 3.8) is 0 Å². The number of ether oxygens (including phenoxy) is 1. The molecule has 0 unspecified atom stereocenters. The number of aliphatic hydroxyl groups is 1. The van der Waals surface area contributed by atoms with Crippen LogP contribution in [0.25, 0.3) is 0 Å². The molecule has 0 aromatic carbocycles. The summed E-state index contributed by atoms with van der Waals surface area (Å²) in [5.74, 6) is 0. The van der Waals surface area contributed by atoms with Gasteiger partial charge in [-0.2, -0.15) is 0 Å². The van der Waals surface area contributed by atoms with Gasteiger partial charge in [0.15, 0.2) is 0 Å². The fraction of sp³-hybridized carbons (Fsp3) is 1.00. The molecular weight excluding hydrogens is 154 g/mol. The molecule has 1 rings (SSSR count). The highest BCUT2D eigenvalue weighted by Gasteiger charge is 2.08. The molecule has 1 aliphatic rings. The minimum Gasteiger partial charge on any atom is -0.395 e. The van der Waals surface area contributed by atoms with Gasteiger partial charge in [0.25, 0.3) is 0 Å². The molecule has 74 valence electrons. The molecule has 0 aliphatic carbocycles. The van der Waals surface area contributed by atoms with E-state index in [-0.39, 0.29) is 0 Å². The van der Waals surface area contributed by atoms with Gasteiger partial charge in [-0.3, -0.25) is 0 Å². The molecule has 3 heteroatoms. The Kier molecular flexibility index (Phi) is 8.88. The van der Waals surface area contributed by atoms with Crippen LogP contribution in [0.1, 0.15) is 19.8 Å². The molecule has 12 heavy (non-hydrogen) atoms. The van der Waals surface area contributed by atoms with E-state index < -0.39 is 0 Å². The second kappa shape index (κ2) is 8.97. The lowest BCUT2D eigenvalue weighted by Crippen LogP contribution is -2.22. The lowest BCUT2D eigenvalue weighted by molar-refractivity contribution is 0.215. The first-order valence-corrected chi connectivity index (χ1v) is 4.67. The van der Waals surface area contributed by atoms with Gasteiger partial charge in [0.2, 0.25) is 0 Å². The van der Waals surface area contributed by atoms with Crippen LogP contribution in [0.3, 0.4) is 0 Å². The molecule has 1 fully saturated rings. The number of hydrogen-bond acceptors (Lipinski definition) is 3. The molecule has 0 radical (unpaired) electrons.